The highest BCUT2D eigenvalue weighted by Gasteiger charge is 2.14. The molecule has 0 radical (unpaired) electrons. The highest BCUT2D eigenvalue weighted by Crippen LogP contribution is 2.26. The molecule has 0 fully saturated rings. The van der Waals surface area contributed by atoms with Crippen LogP contribution in [0.5, 0.6) is 0 Å². The van der Waals surface area contributed by atoms with Gasteiger partial charge in [-0.25, -0.2) is 4.79 Å². The van der Waals surface area contributed by atoms with Gasteiger partial charge in [-0.3, -0.25) is 9.36 Å². The third-order valence-corrected chi connectivity index (χ3v) is 4.95. The van der Waals surface area contributed by atoms with Gasteiger partial charge >= 0.3 is 5.76 Å². The van der Waals surface area contributed by atoms with E-state index in [2.05, 4.69) is 5.32 Å². The number of halogens is 1. The van der Waals surface area contributed by atoms with E-state index in [4.69, 9.17) is 16.0 Å². The van der Waals surface area contributed by atoms with Crippen molar-refractivity contribution < 1.29 is 9.21 Å². The number of thiophene rings is 1. The molecule has 0 saturated carbocycles. The fourth-order valence-corrected chi connectivity index (χ4v) is 3.45. The Kier molecular flexibility index (Phi) is 4.54. The van der Waals surface area contributed by atoms with Gasteiger partial charge in [-0.05, 0) is 31.2 Å². The quantitative estimate of drug-likeness (QED) is 0.765. The van der Waals surface area contributed by atoms with E-state index in [1.807, 2.05) is 19.1 Å². The van der Waals surface area contributed by atoms with Gasteiger partial charge in [0.2, 0.25) is 5.91 Å². The van der Waals surface area contributed by atoms with Gasteiger partial charge in [0, 0.05) is 17.8 Å². The molecule has 0 bridgehead atoms. The van der Waals surface area contributed by atoms with Crippen molar-refractivity contribution in [2.24, 2.45) is 0 Å². The van der Waals surface area contributed by atoms with Gasteiger partial charge in [0.15, 0.2) is 5.58 Å². The molecule has 1 amide bonds. The van der Waals surface area contributed by atoms with Crippen LogP contribution in [-0.4, -0.2) is 10.5 Å². The maximum Gasteiger partial charge on any atom is 0.419 e. The Bertz CT molecular complexity index is 896. The molecule has 0 aliphatic heterocycles. The van der Waals surface area contributed by atoms with Crippen molar-refractivity contribution in [3.8, 4) is 0 Å². The highest BCUT2D eigenvalue weighted by molar-refractivity contribution is 7.16. The Balaban J connectivity index is 1.64. The van der Waals surface area contributed by atoms with Crippen LogP contribution in [0.15, 0.2) is 45.6 Å². The van der Waals surface area contributed by atoms with Crippen LogP contribution in [0.2, 0.25) is 4.34 Å². The molecular formula is C16H15ClN2O3S. The molecule has 0 aliphatic rings. The number of para-hydroxylation sites is 2. The van der Waals surface area contributed by atoms with Gasteiger partial charge < -0.3 is 9.73 Å². The van der Waals surface area contributed by atoms with E-state index in [-0.39, 0.29) is 24.9 Å². The molecule has 5 nitrogen and oxygen atoms in total. The molecule has 1 unspecified atom stereocenters. The number of nitrogens with zero attached hydrogens (tertiary/aromatic N) is 1. The number of rotatable bonds is 5. The third kappa shape index (κ3) is 3.48. The number of hydrogen-bond donors (Lipinski definition) is 1. The lowest BCUT2D eigenvalue weighted by molar-refractivity contribution is -0.121. The Labute approximate surface area is 141 Å². The van der Waals surface area contributed by atoms with Crippen LogP contribution >= 0.6 is 22.9 Å². The maximum absolute atomic E-state index is 12.1. The predicted octanol–water partition coefficient (Wildman–Crippen LogP) is 3.58. The molecule has 3 aromatic rings. The van der Waals surface area contributed by atoms with Crippen LogP contribution in [0.1, 0.15) is 24.3 Å². The molecular weight excluding hydrogens is 336 g/mol. The van der Waals surface area contributed by atoms with Crippen LogP contribution in [-0.2, 0) is 11.3 Å². The Morgan fingerprint density at radius 1 is 1.35 bits per heavy atom. The summed E-state index contributed by atoms with van der Waals surface area (Å²) >= 11 is 7.34. The van der Waals surface area contributed by atoms with Crippen LogP contribution in [0, 0.1) is 0 Å². The molecule has 120 valence electrons. The van der Waals surface area contributed by atoms with Gasteiger partial charge in [-0.1, -0.05) is 23.7 Å². The first kappa shape index (κ1) is 15.8. The van der Waals surface area contributed by atoms with E-state index in [9.17, 15) is 9.59 Å². The second-order valence-electron chi connectivity index (χ2n) is 5.17. The molecule has 3 rings (SSSR count). The highest BCUT2D eigenvalue weighted by atomic mass is 35.5. The molecule has 0 saturated heterocycles. The first-order chi connectivity index (χ1) is 11.0. The second-order valence-corrected chi connectivity index (χ2v) is 6.92. The zero-order valence-corrected chi connectivity index (χ0v) is 14.0. The van der Waals surface area contributed by atoms with E-state index in [1.165, 1.54) is 15.9 Å². The normalized spacial score (nSPS) is 12.4. The molecule has 0 spiro atoms. The molecule has 1 N–H and O–H groups in total. The van der Waals surface area contributed by atoms with Crippen LogP contribution in [0.25, 0.3) is 11.1 Å². The predicted molar refractivity (Wildman–Crippen MR) is 91.0 cm³/mol. The number of aryl methyl sites for hydroxylation is 1. The van der Waals surface area contributed by atoms with Crippen molar-refractivity contribution in [1.29, 1.82) is 0 Å². The summed E-state index contributed by atoms with van der Waals surface area (Å²) in [6.45, 7) is 2.18. The first-order valence-electron chi connectivity index (χ1n) is 7.17. The monoisotopic (exact) mass is 350 g/mol. The van der Waals surface area contributed by atoms with Crippen LogP contribution in [0.3, 0.4) is 0 Å². The zero-order valence-electron chi connectivity index (χ0n) is 12.4. The van der Waals surface area contributed by atoms with Crippen molar-refractivity contribution in [3.63, 3.8) is 0 Å². The smallest absolute Gasteiger partial charge is 0.408 e. The summed E-state index contributed by atoms with van der Waals surface area (Å²) in [5, 5.41) is 2.91. The standard InChI is InChI=1S/C16H15ClN2O3S/c1-10(13-6-7-14(17)23-13)18-15(20)8-9-19-11-4-2-3-5-12(11)22-16(19)21/h2-7,10H,8-9H2,1H3,(H,18,20). The average Bonchev–Trinajstić information content (AvgIpc) is 3.08. The average molecular weight is 351 g/mol. The fourth-order valence-electron chi connectivity index (χ4n) is 2.38. The Morgan fingerprint density at radius 2 is 2.13 bits per heavy atom. The van der Waals surface area contributed by atoms with Gasteiger partial charge in [0.05, 0.1) is 15.9 Å². The van der Waals surface area contributed by atoms with E-state index in [1.54, 1.807) is 24.3 Å². The van der Waals surface area contributed by atoms with Crippen molar-refractivity contribution in [2.45, 2.75) is 25.9 Å². The molecule has 0 aliphatic carbocycles. The largest absolute Gasteiger partial charge is 0.419 e. The topological polar surface area (TPSA) is 64.2 Å². The number of nitrogens with one attached hydrogen (secondary N) is 1. The van der Waals surface area contributed by atoms with Crippen molar-refractivity contribution in [2.75, 3.05) is 0 Å². The maximum atomic E-state index is 12.1. The first-order valence-corrected chi connectivity index (χ1v) is 8.37. The Hall–Kier alpha value is -2.05. The van der Waals surface area contributed by atoms with E-state index < -0.39 is 5.76 Å². The molecule has 2 aromatic heterocycles. The van der Waals surface area contributed by atoms with Crippen LogP contribution < -0.4 is 11.1 Å². The molecule has 2 heterocycles. The minimum absolute atomic E-state index is 0.113. The second kappa shape index (κ2) is 6.60. The lowest BCUT2D eigenvalue weighted by Crippen LogP contribution is -2.28. The molecule has 23 heavy (non-hydrogen) atoms. The van der Waals surface area contributed by atoms with Crippen molar-refractivity contribution >= 4 is 39.9 Å². The number of hydrogen-bond acceptors (Lipinski definition) is 4. The molecule has 7 heteroatoms. The summed E-state index contributed by atoms with van der Waals surface area (Å²) in [5.74, 6) is -0.573. The SMILES string of the molecule is CC(NC(=O)CCn1c(=O)oc2ccccc21)c1ccc(Cl)s1. The summed E-state index contributed by atoms with van der Waals surface area (Å²) in [7, 11) is 0. The number of amides is 1. The summed E-state index contributed by atoms with van der Waals surface area (Å²) < 4.78 is 7.31. The number of carbonyl (C=O) groups excluding carboxylic acids is 1. The van der Waals surface area contributed by atoms with Gasteiger partial charge in [0.25, 0.3) is 0 Å². The number of oxazole rings is 1. The summed E-state index contributed by atoms with van der Waals surface area (Å²) in [6.07, 6.45) is 0.201. The van der Waals surface area contributed by atoms with Crippen LogP contribution in [0.4, 0.5) is 0 Å². The Morgan fingerprint density at radius 3 is 2.87 bits per heavy atom. The summed E-state index contributed by atoms with van der Waals surface area (Å²) in [6, 6.07) is 10.8. The minimum atomic E-state index is -0.447. The minimum Gasteiger partial charge on any atom is -0.408 e. The fraction of sp³-hybridized carbons (Fsp3) is 0.250. The lowest BCUT2D eigenvalue weighted by atomic mass is 10.2. The number of fused-ring (bicyclic) bond motifs is 1. The van der Waals surface area contributed by atoms with Gasteiger partial charge in [-0.2, -0.15) is 0 Å². The van der Waals surface area contributed by atoms with Crippen molar-refractivity contribution in [1.82, 2.24) is 9.88 Å². The number of aromatic nitrogens is 1. The molecule has 1 aromatic carbocycles. The summed E-state index contributed by atoms with van der Waals surface area (Å²) in [5.41, 5.74) is 1.22. The molecule has 1 atom stereocenters. The third-order valence-electron chi connectivity index (χ3n) is 3.53. The van der Waals surface area contributed by atoms with E-state index in [0.717, 1.165) is 4.88 Å². The summed E-state index contributed by atoms with van der Waals surface area (Å²) in [4.78, 5) is 24.9. The van der Waals surface area contributed by atoms with Gasteiger partial charge in [0.1, 0.15) is 0 Å². The number of benzene rings is 1. The van der Waals surface area contributed by atoms with E-state index in [0.29, 0.717) is 15.4 Å². The van der Waals surface area contributed by atoms with Crippen molar-refractivity contribution in [3.05, 3.63) is 56.2 Å². The lowest BCUT2D eigenvalue weighted by Gasteiger charge is -2.12. The van der Waals surface area contributed by atoms with E-state index >= 15 is 0 Å². The van der Waals surface area contributed by atoms with Gasteiger partial charge in [-0.15, -0.1) is 11.3 Å². The number of carbonyl (C=O) groups is 1. The zero-order chi connectivity index (χ0) is 16.4.